The summed E-state index contributed by atoms with van der Waals surface area (Å²) in [6.07, 6.45) is -2.33. The van der Waals surface area contributed by atoms with Crippen molar-refractivity contribution < 1.29 is 15.0 Å². The summed E-state index contributed by atoms with van der Waals surface area (Å²) in [6, 6.07) is 0. The Kier molecular flexibility index (Phi) is 6.15. The normalized spacial score (nSPS) is 4.80. The summed E-state index contributed by atoms with van der Waals surface area (Å²) < 4.78 is 0. The van der Waals surface area contributed by atoms with E-state index in [4.69, 9.17) is 15.0 Å². The van der Waals surface area contributed by atoms with Gasteiger partial charge in [-0.05, 0) is 6.16 Å². The first kappa shape index (κ1) is 8.82. The smallest absolute Gasteiger partial charge is 0 e. The second-order valence-corrected chi connectivity index (χ2v) is 0.250. The average molecular weight is 88.1 g/mol. The van der Waals surface area contributed by atoms with Crippen molar-refractivity contribution in [3.63, 3.8) is 0 Å². The topological polar surface area (TPSA) is 63.2 Å². The van der Waals surface area contributed by atoms with Crippen molar-refractivity contribution in [1.82, 2.24) is 0 Å². The van der Waals surface area contributed by atoms with Gasteiger partial charge in [0.05, 0.1) is 0 Å². The van der Waals surface area contributed by atoms with Crippen LogP contribution < -0.4 is 10.2 Å². The number of hydrogen-bond acceptors (Lipinski definition) is 3. The van der Waals surface area contributed by atoms with Gasteiger partial charge in [0.15, 0.2) is 0 Å². The van der Waals surface area contributed by atoms with Crippen molar-refractivity contribution in [3.8, 4) is 0 Å². The van der Waals surface area contributed by atoms with Crippen molar-refractivity contribution >= 4 is 17.1 Å². The van der Waals surface area contributed by atoms with E-state index >= 15 is 0 Å². The summed E-state index contributed by atoms with van der Waals surface area (Å²) in [5.41, 5.74) is 0. The average Bonchev–Trinajstić information content (AvgIpc) is 0.811. The van der Waals surface area contributed by atoms with Crippen molar-refractivity contribution in [2.45, 2.75) is 0 Å². The van der Waals surface area contributed by atoms with E-state index < -0.39 is 6.16 Å². The molecule has 0 rings (SSSR count). The monoisotopic (exact) mass is 88.0 g/mol. The summed E-state index contributed by atoms with van der Waals surface area (Å²) in [7, 11) is 0. The van der Waals surface area contributed by atoms with Crippen LogP contribution in [0, 0.1) is 0 Å². The van der Waals surface area contributed by atoms with E-state index in [1.807, 2.05) is 0 Å². The van der Waals surface area contributed by atoms with E-state index in [0.717, 1.165) is 0 Å². The molecule has 3 nitrogen and oxygen atoms in total. The van der Waals surface area contributed by atoms with Gasteiger partial charge in [-0.1, -0.05) is 0 Å². The van der Waals surface area contributed by atoms with Gasteiger partial charge in [0.2, 0.25) is 0 Å². The van der Waals surface area contributed by atoms with Crippen LogP contribution in [0.15, 0.2) is 0 Å². The largest absolute Gasteiger partial charge is 0.652 e. The van der Waals surface area contributed by atoms with Crippen LogP contribution >= 0.6 is 0 Å². The van der Waals surface area contributed by atoms with E-state index in [2.05, 4.69) is 0 Å². The van der Waals surface area contributed by atoms with Crippen molar-refractivity contribution in [2.24, 2.45) is 0 Å². The molecule has 0 saturated carbocycles. The molecule has 0 amide bonds. The highest BCUT2D eigenvalue weighted by Crippen LogP contribution is 1.21. The molecule has 0 unspecified atom stereocenters. The second-order valence-electron chi connectivity index (χ2n) is 0.250. The zero-order chi connectivity index (χ0) is 3.58. The Balaban J connectivity index is 0. The van der Waals surface area contributed by atoms with Gasteiger partial charge >= 0.3 is 0 Å². The predicted molar refractivity (Wildman–Crippen MR) is 11.1 cm³/mol. The Morgan fingerprint density at radius 1 is 1.40 bits per heavy atom. The number of rotatable bonds is 0. The molecule has 0 atom stereocenters. The molecule has 28 valence electrons. The van der Waals surface area contributed by atoms with Gasteiger partial charge in [-0.3, -0.25) is 0 Å². The van der Waals surface area contributed by atoms with Gasteiger partial charge in [-0.25, -0.2) is 0 Å². The molecular formula is CO3Si-2. The molecule has 4 heteroatoms. The molecule has 0 aliphatic heterocycles. The van der Waals surface area contributed by atoms with E-state index in [1.54, 1.807) is 0 Å². The minimum atomic E-state index is -2.33. The van der Waals surface area contributed by atoms with Crippen LogP contribution in [0.5, 0.6) is 0 Å². The SMILES string of the molecule is O=C([O-])[O-].[Si]. The Bertz CT molecular complexity index is 29.9. The molecule has 0 aliphatic carbocycles. The van der Waals surface area contributed by atoms with Crippen molar-refractivity contribution in [3.05, 3.63) is 0 Å². The highest BCUT2D eigenvalue weighted by molar-refractivity contribution is 5.75. The number of carboxylic acid groups (broad SMARTS) is 2. The summed E-state index contributed by atoms with van der Waals surface area (Å²) in [4.78, 5) is 8.33. The first-order valence-corrected chi connectivity index (χ1v) is 0.612. The molecule has 0 aromatic carbocycles. The lowest BCUT2D eigenvalue weighted by Crippen LogP contribution is -2.37. The number of carbonyl (C=O) groups excluding carboxylic acids is 1. The van der Waals surface area contributed by atoms with Crippen LogP contribution in [0.1, 0.15) is 0 Å². The van der Waals surface area contributed by atoms with Gasteiger partial charge in [0, 0.05) is 11.0 Å². The molecule has 0 saturated heterocycles. The molecule has 0 heterocycles. The number of hydrogen-bond donors (Lipinski definition) is 0. The molecule has 5 heavy (non-hydrogen) atoms. The maximum absolute atomic E-state index is 8.33. The number of carbonyl (C=O) groups is 1. The summed E-state index contributed by atoms with van der Waals surface area (Å²) in [5, 5.41) is 16.7. The summed E-state index contributed by atoms with van der Waals surface area (Å²) in [5.74, 6) is 0. The van der Waals surface area contributed by atoms with E-state index in [0.29, 0.717) is 0 Å². The van der Waals surface area contributed by atoms with Crippen molar-refractivity contribution in [2.75, 3.05) is 0 Å². The molecule has 0 aromatic heterocycles. The predicted octanol–water partition coefficient (Wildman–Crippen LogP) is -2.83. The molecule has 0 N–H and O–H groups in total. The highest BCUT2D eigenvalue weighted by Gasteiger charge is 1.26. The van der Waals surface area contributed by atoms with Gasteiger partial charge < -0.3 is 15.0 Å². The van der Waals surface area contributed by atoms with Crippen LogP contribution in [0.2, 0.25) is 0 Å². The third-order valence-corrected chi connectivity index (χ3v) is 0. The standard InChI is InChI=1S/CH2O3.Si/c2-1(3)4;/h(H2,2,3,4);/p-2. The lowest BCUT2D eigenvalue weighted by Gasteiger charge is -1.96. The minimum Gasteiger partial charge on any atom is -0.652 e. The fraction of sp³-hybridized carbons (Fsp3) is 0. The van der Waals surface area contributed by atoms with Crippen LogP contribution in [0.4, 0.5) is 4.79 Å². The van der Waals surface area contributed by atoms with E-state index in [1.165, 1.54) is 0 Å². The van der Waals surface area contributed by atoms with Crippen molar-refractivity contribution in [1.29, 1.82) is 0 Å². The van der Waals surface area contributed by atoms with Gasteiger partial charge in [-0.2, -0.15) is 0 Å². The van der Waals surface area contributed by atoms with Crippen LogP contribution in [0.3, 0.4) is 0 Å². The first-order chi connectivity index (χ1) is 1.73. The molecule has 0 fully saturated rings. The molecule has 0 bridgehead atoms. The minimum absolute atomic E-state index is 0. The summed E-state index contributed by atoms with van der Waals surface area (Å²) >= 11 is 0. The molecule has 4 radical (unpaired) electrons. The third kappa shape index (κ3) is 29.3. The second kappa shape index (κ2) is 3.49. The first-order valence-electron chi connectivity index (χ1n) is 0.612. The Morgan fingerprint density at radius 2 is 1.40 bits per heavy atom. The van der Waals surface area contributed by atoms with Gasteiger partial charge in [-0.15, -0.1) is 0 Å². The fourth-order valence-corrected chi connectivity index (χ4v) is 0. The zero-order valence-corrected chi connectivity index (χ0v) is 3.22. The molecular weight excluding hydrogens is 88.1 g/mol. The quantitative estimate of drug-likeness (QED) is 0.300. The van der Waals surface area contributed by atoms with E-state index in [9.17, 15) is 0 Å². The zero-order valence-electron chi connectivity index (χ0n) is 2.22. The fourth-order valence-electron chi connectivity index (χ4n) is 0. The lowest BCUT2D eigenvalue weighted by atomic mass is 11.5. The molecule has 0 spiro atoms. The Morgan fingerprint density at radius 3 is 1.40 bits per heavy atom. The Hall–Kier alpha value is -0.513. The Labute approximate surface area is 33.3 Å². The highest BCUT2D eigenvalue weighted by atomic mass is 28.1. The lowest BCUT2D eigenvalue weighted by molar-refractivity contribution is -0.415. The maximum atomic E-state index is 8.33. The van der Waals surface area contributed by atoms with E-state index in [-0.39, 0.29) is 11.0 Å². The molecule has 0 aromatic rings. The summed E-state index contributed by atoms with van der Waals surface area (Å²) in [6.45, 7) is 0. The third-order valence-electron chi connectivity index (χ3n) is 0. The van der Waals surface area contributed by atoms with Crippen LogP contribution in [-0.4, -0.2) is 17.1 Å². The van der Waals surface area contributed by atoms with Crippen LogP contribution in [0.25, 0.3) is 0 Å². The van der Waals surface area contributed by atoms with Gasteiger partial charge in [0.25, 0.3) is 0 Å². The van der Waals surface area contributed by atoms with Crippen LogP contribution in [-0.2, 0) is 0 Å². The van der Waals surface area contributed by atoms with Gasteiger partial charge in [0.1, 0.15) is 0 Å². The maximum Gasteiger partial charge on any atom is 0 e. The molecule has 0 aliphatic rings.